The fraction of sp³-hybridized carbons (Fsp3) is 0.556. The van der Waals surface area contributed by atoms with Gasteiger partial charge in [0.15, 0.2) is 0 Å². The van der Waals surface area contributed by atoms with Gasteiger partial charge in [0, 0.05) is 26.7 Å². The van der Waals surface area contributed by atoms with Crippen LogP contribution in [0.4, 0.5) is 11.4 Å². The Hall–Kier alpha value is -1.00. The number of aryl methyl sites for hydroxylation is 2. The Bertz CT molecular complexity index is 803. The summed E-state index contributed by atoms with van der Waals surface area (Å²) in [4.78, 5) is 0. The van der Waals surface area contributed by atoms with Crippen LogP contribution in [0.25, 0.3) is 0 Å². The van der Waals surface area contributed by atoms with E-state index in [9.17, 15) is 0 Å². The maximum absolute atomic E-state index is 6.64. The van der Waals surface area contributed by atoms with E-state index in [1.807, 2.05) is 0 Å². The molecular weight excluding hydrogens is 512 g/mol. The molecule has 0 aliphatic carbocycles. The van der Waals surface area contributed by atoms with Gasteiger partial charge in [0.1, 0.15) is 0 Å². The van der Waals surface area contributed by atoms with Crippen molar-refractivity contribution in [1.82, 2.24) is 0 Å². The summed E-state index contributed by atoms with van der Waals surface area (Å²) < 4.78 is 2.17. The molecule has 2 aromatic rings. The average molecular weight is 552 g/mol. The minimum absolute atomic E-state index is 0.770. The highest BCUT2D eigenvalue weighted by atomic mass is 79.9. The zero-order chi connectivity index (χ0) is 23.0. The van der Waals surface area contributed by atoms with Gasteiger partial charge < -0.3 is 11.5 Å². The molecule has 2 aromatic carbocycles. The SMILES string of the molecule is CCCCc1cc(Cc2cc(CCCC)c(CCC)c(Br)c2N)c(N)c(Br)c1CCC. The number of nitrogens with two attached hydrogens (primary N) is 2. The summed E-state index contributed by atoms with van der Waals surface area (Å²) >= 11 is 7.67. The molecule has 0 radical (unpaired) electrons. The predicted octanol–water partition coefficient (Wildman–Crippen LogP) is 8.56. The first-order chi connectivity index (χ1) is 14.9. The van der Waals surface area contributed by atoms with Gasteiger partial charge in [0.25, 0.3) is 0 Å². The third-order valence-electron chi connectivity index (χ3n) is 6.15. The molecule has 172 valence electrons. The summed E-state index contributed by atoms with van der Waals surface area (Å²) in [7, 11) is 0. The van der Waals surface area contributed by atoms with Crippen molar-refractivity contribution in [3.8, 4) is 0 Å². The maximum Gasteiger partial charge on any atom is 0.0497 e. The highest BCUT2D eigenvalue weighted by Crippen LogP contribution is 2.37. The quantitative estimate of drug-likeness (QED) is 0.259. The first kappa shape index (κ1) is 26.3. The molecule has 0 amide bonds. The van der Waals surface area contributed by atoms with Crippen molar-refractivity contribution in [2.45, 2.75) is 98.3 Å². The fourth-order valence-electron chi connectivity index (χ4n) is 4.36. The number of benzene rings is 2. The van der Waals surface area contributed by atoms with Crippen LogP contribution in [0.5, 0.6) is 0 Å². The normalized spacial score (nSPS) is 11.3. The molecular formula is C27H40Br2N2. The number of hydrogen-bond donors (Lipinski definition) is 2. The highest BCUT2D eigenvalue weighted by Gasteiger charge is 2.18. The standard InChI is InChI=1S/C27H40Br2N2/c1-5-9-13-18-15-20(26(30)24(28)22(18)11-7-3)17-21-16-19(14-10-6-2)23(12-8-4)25(29)27(21)31/h15-16H,5-14,17,30-31H2,1-4H3. The van der Waals surface area contributed by atoms with Crippen LogP contribution in [0.2, 0.25) is 0 Å². The molecule has 2 rings (SSSR count). The van der Waals surface area contributed by atoms with E-state index in [4.69, 9.17) is 11.5 Å². The van der Waals surface area contributed by atoms with Gasteiger partial charge in [-0.05, 0) is 104 Å². The van der Waals surface area contributed by atoms with Crippen molar-refractivity contribution in [2.75, 3.05) is 11.5 Å². The molecule has 2 nitrogen and oxygen atoms in total. The minimum Gasteiger partial charge on any atom is -0.398 e. The summed E-state index contributed by atoms with van der Waals surface area (Å²) in [6.45, 7) is 8.96. The number of hydrogen-bond acceptors (Lipinski definition) is 2. The highest BCUT2D eigenvalue weighted by molar-refractivity contribution is 9.11. The molecule has 0 aliphatic heterocycles. The summed E-state index contributed by atoms with van der Waals surface area (Å²) in [5.74, 6) is 0. The van der Waals surface area contributed by atoms with Gasteiger partial charge in [0.2, 0.25) is 0 Å². The number of rotatable bonds is 12. The van der Waals surface area contributed by atoms with Gasteiger partial charge in [-0.2, -0.15) is 0 Å². The molecule has 0 saturated carbocycles. The van der Waals surface area contributed by atoms with E-state index >= 15 is 0 Å². The average Bonchev–Trinajstić information content (AvgIpc) is 2.76. The summed E-state index contributed by atoms with van der Waals surface area (Å²) in [5.41, 5.74) is 23.0. The van der Waals surface area contributed by atoms with Crippen LogP contribution in [0.3, 0.4) is 0 Å². The molecule has 0 aliphatic rings. The summed E-state index contributed by atoms with van der Waals surface area (Å²) in [6, 6.07) is 4.69. The second-order valence-corrected chi connectivity index (χ2v) is 10.3. The Morgan fingerprint density at radius 2 is 0.968 bits per heavy atom. The van der Waals surface area contributed by atoms with Crippen LogP contribution in [0, 0.1) is 0 Å². The van der Waals surface area contributed by atoms with E-state index in [1.54, 1.807) is 0 Å². The molecule has 0 saturated heterocycles. The lowest BCUT2D eigenvalue weighted by molar-refractivity contribution is 0.776. The molecule has 0 fully saturated rings. The molecule has 4 heteroatoms. The zero-order valence-corrected chi connectivity index (χ0v) is 23.0. The second-order valence-electron chi connectivity index (χ2n) is 8.69. The summed E-state index contributed by atoms with van der Waals surface area (Å²) in [6.07, 6.45) is 12.1. The van der Waals surface area contributed by atoms with Crippen LogP contribution in [0.1, 0.15) is 99.6 Å². The lowest BCUT2D eigenvalue weighted by Gasteiger charge is -2.20. The van der Waals surface area contributed by atoms with E-state index in [0.29, 0.717) is 0 Å². The largest absolute Gasteiger partial charge is 0.398 e. The Morgan fingerprint density at radius 3 is 1.29 bits per heavy atom. The van der Waals surface area contributed by atoms with Crippen molar-refractivity contribution < 1.29 is 0 Å². The lowest BCUT2D eigenvalue weighted by atomic mass is 9.90. The minimum atomic E-state index is 0.770. The molecule has 4 N–H and O–H groups in total. The number of unbranched alkanes of at least 4 members (excludes halogenated alkanes) is 2. The zero-order valence-electron chi connectivity index (χ0n) is 19.8. The van der Waals surface area contributed by atoms with E-state index < -0.39 is 0 Å². The maximum atomic E-state index is 6.64. The van der Waals surface area contributed by atoms with E-state index in [0.717, 1.165) is 65.3 Å². The third kappa shape index (κ3) is 6.51. The first-order valence-electron chi connectivity index (χ1n) is 12.1. The van der Waals surface area contributed by atoms with Crippen LogP contribution < -0.4 is 11.5 Å². The van der Waals surface area contributed by atoms with Gasteiger partial charge in [-0.25, -0.2) is 0 Å². The lowest BCUT2D eigenvalue weighted by Crippen LogP contribution is -2.08. The number of nitrogen functional groups attached to an aromatic ring is 2. The number of anilines is 2. The molecule has 31 heavy (non-hydrogen) atoms. The van der Waals surface area contributed by atoms with Crippen molar-refractivity contribution in [1.29, 1.82) is 0 Å². The molecule has 0 atom stereocenters. The molecule has 0 aromatic heterocycles. The first-order valence-corrected chi connectivity index (χ1v) is 13.6. The monoisotopic (exact) mass is 550 g/mol. The molecule has 0 spiro atoms. The van der Waals surface area contributed by atoms with Gasteiger partial charge in [-0.3, -0.25) is 0 Å². The topological polar surface area (TPSA) is 52.0 Å². The third-order valence-corrected chi connectivity index (χ3v) is 7.96. The Kier molecular flexibility index (Phi) is 10.9. The van der Waals surface area contributed by atoms with Crippen molar-refractivity contribution in [3.63, 3.8) is 0 Å². The predicted molar refractivity (Wildman–Crippen MR) is 145 cm³/mol. The van der Waals surface area contributed by atoms with E-state index in [1.165, 1.54) is 59.1 Å². The van der Waals surface area contributed by atoms with E-state index in [2.05, 4.69) is 71.7 Å². The molecule has 0 bridgehead atoms. The van der Waals surface area contributed by atoms with Crippen LogP contribution in [-0.4, -0.2) is 0 Å². The Balaban J connectivity index is 2.53. The van der Waals surface area contributed by atoms with Crippen LogP contribution >= 0.6 is 31.9 Å². The van der Waals surface area contributed by atoms with Gasteiger partial charge in [-0.15, -0.1) is 0 Å². The van der Waals surface area contributed by atoms with Gasteiger partial charge >= 0.3 is 0 Å². The van der Waals surface area contributed by atoms with Crippen molar-refractivity contribution in [2.24, 2.45) is 0 Å². The van der Waals surface area contributed by atoms with E-state index in [-0.39, 0.29) is 0 Å². The van der Waals surface area contributed by atoms with Crippen molar-refractivity contribution in [3.05, 3.63) is 54.5 Å². The molecule has 0 unspecified atom stereocenters. The molecule has 0 heterocycles. The van der Waals surface area contributed by atoms with Crippen LogP contribution in [-0.2, 0) is 32.1 Å². The second kappa shape index (κ2) is 12.9. The van der Waals surface area contributed by atoms with Gasteiger partial charge in [0.05, 0.1) is 0 Å². The summed E-state index contributed by atoms with van der Waals surface area (Å²) in [5, 5.41) is 0. The Labute approximate surface area is 206 Å². The Morgan fingerprint density at radius 1 is 0.581 bits per heavy atom. The smallest absolute Gasteiger partial charge is 0.0497 e. The van der Waals surface area contributed by atoms with Crippen molar-refractivity contribution >= 4 is 43.2 Å². The fourth-order valence-corrected chi connectivity index (χ4v) is 5.77. The number of halogens is 2. The van der Waals surface area contributed by atoms with Gasteiger partial charge in [-0.1, -0.05) is 65.5 Å². The van der Waals surface area contributed by atoms with Crippen LogP contribution in [0.15, 0.2) is 21.1 Å².